The quantitative estimate of drug-likeness (QED) is 0.354. The largest absolute Gasteiger partial charge is 0.325 e. The molecule has 1 amide bonds. The zero-order chi connectivity index (χ0) is 21.3. The predicted molar refractivity (Wildman–Crippen MR) is 120 cm³/mol. The number of halogens is 1. The van der Waals surface area contributed by atoms with Gasteiger partial charge in [0.05, 0.1) is 17.0 Å². The molecule has 8 heteroatoms. The molecule has 2 heterocycles. The Morgan fingerprint density at radius 2 is 1.93 bits per heavy atom. The van der Waals surface area contributed by atoms with Gasteiger partial charge in [0, 0.05) is 5.69 Å². The van der Waals surface area contributed by atoms with Crippen LogP contribution in [0.1, 0.15) is 11.1 Å². The van der Waals surface area contributed by atoms with Gasteiger partial charge in [-0.1, -0.05) is 29.5 Å². The molecule has 4 rings (SSSR count). The molecule has 0 spiro atoms. The highest BCUT2D eigenvalue weighted by Gasteiger charge is 2.16. The third-order valence-corrected chi connectivity index (χ3v) is 6.35. The average Bonchev–Trinajstić information content (AvgIpc) is 3.19. The van der Waals surface area contributed by atoms with E-state index in [0.29, 0.717) is 32.3 Å². The van der Waals surface area contributed by atoms with Crippen LogP contribution in [0.25, 0.3) is 15.9 Å². The lowest BCUT2D eigenvalue weighted by Crippen LogP contribution is -2.22. The van der Waals surface area contributed by atoms with Crippen LogP contribution in [0.3, 0.4) is 0 Å². The third-order valence-electron chi connectivity index (χ3n) is 4.52. The minimum absolute atomic E-state index is 0.0795. The van der Waals surface area contributed by atoms with Crippen LogP contribution < -0.4 is 10.9 Å². The van der Waals surface area contributed by atoms with Crippen LogP contribution >= 0.6 is 23.1 Å². The number of hydrogen-bond acceptors (Lipinski definition) is 5. The summed E-state index contributed by atoms with van der Waals surface area (Å²) in [5.74, 6) is -0.468. The zero-order valence-corrected chi connectivity index (χ0v) is 17.9. The number of amides is 1. The fourth-order valence-corrected chi connectivity index (χ4v) is 4.52. The maximum Gasteiger partial charge on any atom is 0.276 e. The second-order valence-corrected chi connectivity index (χ2v) is 8.66. The molecule has 0 bridgehead atoms. The molecule has 0 fully saturated rings. The van der Waals surface area contributed by atoms with Crippen LogP contribution in [-0.4, -0.2) is 21.2 Å². The number of fused-ring (bicyclic) bond motifs is 1. The van der Waals surface area contributed by atoms with E-state index in [4.69, 9.17) is 0 Å². The number of benzene rings is 2. The SMILES string of the molecule is Cc1ccc(NC(=O)CSc2nc3ccsc3c(=O)n2-c2ccc(F)c(C)c2)cc1. The van der Waals surface area contributed by atoms with Crippen molar-refractivity contribution in [2.24, 2.45) is 0 Å². The Kier molecular flexibility index (Phi) is 5.69. The Labute approximate surface area is 180 Å². The van der Waals surface area contributed by atoms with Gasteiger partial charge in [-0.3, -0.25) is 14.2 Å². The highest BCUT2D eigenvalue weighted by Crippen LogP contribution is 2.24. The van der Waals surface area contributed by atoms with Gasteiger partial charge in [-0.25, -0.2) is 9.37 Å². The molecule has 4 aromatic rings. The first-order chi connectivity index (χ1) is 14.4. The Bertz CT molecular complexity index is 1300. The second kappa shape index (κ2) is 8.41. The first kappa shape index (κ1) is 20.3. The summed E-state index contributed by atoms with van der Waals surface area (Å²) in [4.78, 5) is 30.1. The number of nitrogens with one attached hydrogen (secondary N) is 1. The lowest BCUT2D eigenvalue weighted by molar-refractivity contribution is -0.113. The summed E-state index contributed by atoms with van der Waals surface area (Å²) < 4.78 is 15.7. The highest BCUT2D eigenvalue weighted by atomic mass is 32.2. The van der Waals surface area contributed by atoms with Crippen molar-refractivity contribution in [1.82, 2.24) is 9.55 Å². The van der Waals surface area contributed by atoms with Crippen LogP contribution in [0.15, 0.2) is 63.9 Å². The summed E-state index contributed by atoms with van der Waals surface area (Å²) in [6, 6.07) is 13.8. The number of rotatable bonds is 5. The van der Waals surface area contributed by atoms with E-state index in [2.05, 4.69) is 10.3 Å². The predicted octanol–water partition coefficient (Wildman–Crippen LogP) is 4.93. The van der Waals surface area contributed by atoms with Gasteiger partial charge >= 0.3 is 0 Å². The molecule has 2 aromatic heterocycles. The average molecular weight is 440 g/mol. The fraction of sp³-hybridized carbons (Fsp3) is 0.136. The summed E-state index contributed by atoms with van der Waals surface area (Å²) in [5.41, 5.74) is 3.11. The van der Waals surface area contributed by atoms with E-state index >= 15 is 0 Å². The Morgan fingerprint density at radius 1 is 1.17 bits per heavy atom. The molecule has 1 N–H and O–H groups in total. The molecule has 0 aliphatic rings. The standard InChI is InChI=1S/C22H18FN3O2S2/c1-13-3-5-15(6-4-13)24-19(27)12-30-22-25-18-9-10-29-20(18)21(28)26(22)16-7-8-17(23)14(2)11-16/h3-11H,12H2,1-2H3,(H,24,27). The number of nitrogens with zero attached hydrogens (tertiary/aromatic N) is 2. The number of hydrogen-bond donors (Lipinski definition) is 1. The number of carbonyl (C=O) groups is 1. The number of aromatic nitrogens is 2. The zero-order valence-electron chi connectivity index (χ0n) is 16.3. The van der Waals surface area contributed by atoms with E-state index in [9.17, 15) is 14.0 Å². The van der Waals surface area contributed by atoms with Crippen molar-refractivity contribution in [3.05, 3.63) is 81.2 Å². The summed E-state index contributed by atoms with van der Waals surface area (Å²) in [6.45, 7) is 3.62. The second-order valence-electron chi connectivity index (χ2n) is 6.81. The molecule has 0 atom stereocenters. The third kappa shape index (κ3) is 4.15. The maximum absolute atomic E-state index is 13.7. The van der Waals surface area contributed by atoms with Crippen LogP contribution in [0.4, 0.5) is 10.1 Å². The molecular weight excluding hydrogens is 421 g/mol. The minimum Gasteiger partial charge on any atom is -0.325 e. The number of anilines is 1. The molecule has 0 aliphatic heterocycles. The molecular formula is C22H18FN3O2S2. The van der Waals surface area contributed by atoms with Crippen LogP contribution in [0.2, 0.25) is 0 Å². The maximum atomic E-state index is 13.7. The Balaban J connectivity index is 1.65. The molecule has 30 heavy (non-hydrogen) atoms. The normalized spacial score (nSPS) is 11.0. The molecule has 5 nitrogen and oxygen atoms in total. The van der Waals surface area contributed by atoms with Crippen molar-refractivity contribution in [3.63, 3.8) is 0 Å². The lowest BCUT2D eigenvalue weighted by Gasteiger charge is -2.13. The summed E-state index contributed by atoms with van der Waals surface area (Å²) in [7, 11) is 0. The molecule has 0 saturated carbocycles. The number of aryl methyl sites for hydroxylation is 2. The molecule has 0 radical (unpaired) electrons. The number of thioether (sulfide) groups is 1. The van der Waals surface area contributed by atoms with Crippen molar-refractivity contribution in [3.8, 4) is 5.69 Å². The first-order valence-electron chi connectivity index (χ1n) is 9.18. The highest BCUT2D eigenvalue weighted by molar-refractivity contribution is 7.99. The molecule has 0 saturated heterocycles. The van der Waals surface area contributed by atoms with Gasteiger partial charge in [-0.05, 0) is 61.2 Å². The van der Waals surface area contributed by atoms with Gasteiger partial charge in [0.2, 0.25) is 5.91 Å². The number of thiophene rings is 1. The van der Waals surface area contributed by atoms with E-state index in [1.54, 1.807) is 30.5 Å². The minimum atomic E-state index is -0.344. The Morgan fingerprint density at radius 3 is 2.67 bits per heavy atom. The summed E-state index contributed by atoms with van der Waals surface area (Å²) in [5, 5.41) is 5.03. The summed E-state index contributed by atoms with van der Waals surface area (Å²) >= 11 is 2.47. The van der Waals surface area contributed by atoms with Gasteiger partial charge < -0.3 is 5.32 Å². The smallest absolute Gasteiger partial charge is 0.276 e. The van der Waals surface area contributed by atoms with Crippen molar-refractivity contribution in [2.45, 2.75) is 19.0 Å². The monoisotopic (exact) mass is 439 g/mol. The van der Waals surface area contributed by atoms with Gasteiger partial charge in [-0.15, -0.1) is 11.3 Å². The van der Waals surface area contributed by atoms with E-state index < -0.39 is 0 Å². The molecule has 0 aliphatic carbocycles. The van der Waals surface area contributed by atoms with Crippen LogP contribution in [0.5, 0.6) is 0 Å². The van der Waals surface area contributed by atoms with E-state index in [-0.39, 0.29) is 23.0 Å². The van der Waals surface area contributed by atoms with Gasteiger partial charge in [0.25, 0.3) is 5.56 Å². The van der Waals surface area contributed by atoms with Gasteiger partial charge in [0.1, 0.15) is 10.5 Å². The molecule has 152 valence electrons. The topological polar surface area (TPSA) is 64.0 Å². The Hall–Kier alpha value is -2.97. The van der Waals surface area contributed by atoms with Crippen molar-refractivity contribution in [1.29, 1.82) is 0 Å². The van der Waals surface area contributed by atoms with E-state index in [1.807, 2.05) is 31.2 Å². The van der Waals surface area contributed by atoms with Crippen molar-refractivity contribution in [2.75, 3.05) is 11.1 Å². The summed E-state index contributed by atoms with van der Waals surface area (Å²) in [6.07, 6.45) is 0. The van der Waals surface area contributed by atoms with Gasteiger partial charge in [-0.2, -0.15) is 0 Å². The van der Waals surface area contributed by atoms with E-state index in [0.717, 1.165) is 5.56 Å². The van der Waals surface area contributed by atoms with Gasteiger partial charge in [0.15, 0.2) is 5.16 Å². The molecule has 2 aromatic carbocycles. The van der Waals surface area contributed by atoms with Crippen LogP contribution in [0, 0.1) is 19.7 Å². The number of carbonyl (C=O) groups excluding carboxylic acids is 1. The van der Waals surface area contributed by atoms with E-state index in [1.165, 1.54) is 33.7 Å². The first-order valence-corrected chi connectivity index (χ1v) is 11.0. The molecule has 0 unspecified atom stereocenters. The van der Waals surface area contributed by atoms with Crippen molar-refractivity contribution >= 4 is 44.9 Å². The van der Waals surface area contributed by atoms with Crippen LogP contribution in [-0.2, 0) is 4.79 Å². The lowest BCUT2D eigenvalue weighted by atomic mass is 10.2. The van der Waals surface area contributed by atoms with Crippen molar-refractivity contribution < 1.29 is 9.18 Å². The fourth-order valence-electron chi connectivity index (χ4n) is 2.95.